The van der Waals surface area contributed by atoms with Crippen molar-refractivity contribution in [3.8, 4) is 0 Å². The number of thiocarbonyl (C=S) groups is 1. The maximum Gasteiger partial charge on any atom is 0.295 e. The van der Waals surface area contributed by atoms with Gasteiger partial charge in [-0.25, -0.2) is 8.42 Å². The molecule has 34 heavy (non-hydrogen) atoms. The van der Waals surface area contributed by atoms with Crippen molar-refractivity contribution in [2.45, 2.75) is 29.7 Å². The van der Waals surface area contributed by atoms with Crippen LogP contribution in [0, 0.1) is 0 Å². The van der Waals surface area contributed by atoms with Crippen molar-refractivity contribution in [2.75, 3.05) is 16.3 Å². The topological polar surface area (TPSA) is 179 Å². The van der Waals surface area contributed by atoms with Crippen molar-refractivity contribution in [3.05, 3.63) is 47.5 Å². The number of anilines is 2. The fourth-order valence-electron chi connectivity index (χ4n) is 2.76. The second-order valence-electron chi connectivity index (χ2n) is 7.42. The van der Waals surface area contributed by atoms with Crippen LogP contribution in [0.4, 0.5) is 11.4 Å². The maximum absolute atomic E-state index is 11.9. The number of hydrogen-bond acceptors (Lipinski definition) is 7. The molecule has 0 aromatic heterocycles. The van der Waals surface area contributed by atoms with E-state index in [1.165, 1.54) is 36.4 Å². The number of rotatable bonds is 8. The normalized spacial score (nSPS) is 12.6. The average molecular weight is 550 g/mol. The summed E-state index contributed by atoms with van der Waals surface area (Å²) >= 11 is 5.12. The van der Waals surface area contributed by atoms with Crippen LogP contribution in [0.3, 0.4) is 0 Å². The quantitative estimate of drug-likeness (QED) is 0.185. The molecule has 0 bridgehead atoms. The molecule has 0 spiro atoms. The Morgan fingerprint density at radius 2 is 1.29 bits per heavy atom. The van der Waals surface area contributed by atoms with Crippen LogP contribution in [0.15, 0.2) is 46.2 Å². The highest BCUT2D eigenvalue weighted by Crippen LogP contribution is 2.26. The summed E-state index contributed by atoms with van der Waals surface area (Å²) in [5.74, 6) is 0. The van der Waals surface area contributed by atoms with E-state index in [0.29, 0.717) is 0 Å². The van der Waals surface area contributed by atoms with E-state index in [-0.39, 0.29) is 33.7 Å². The van der Waals surface area contributed by atoms with Gasteiger partial charge < -0.3 is 10.6 Å². The molecule has 0 fully saturated rings. The van der Waals surface area contributed by atoms with Gasteiger partial charge in [-0.3, -0.25) is 13.8 Å². The first kappa shape index (κ1) is 27.7. The fraction of sp³-hybridized carbons (Fsp3) is 0.211. The SMILES string of the molecule is CC(C)NC(=S)Nc1ccc(C=Cc2ccc(NS(C)(=O)=O)cc2S(=O)(=O)O)c(S(=O)(=O)O)c1. The minimum Gasteiger partial charge on any atom is -0.360 e. The summed E-state index contributed by atoms with van der Waals surface area (Å²) in [5, 5.41) is 5.95. The predicted molar refractivity (Wildman–Crippen MR) is 134 cm³/mol. The van der Waals surface area contributed by atoms with E-state index in [0.717, 1.165) is 18.4 Å². The van der Waals surface area contributed by atoms with Crippen molar-refractivity contribution < 1.29 is 34.4 Å². The van der Waals surface area contributed by atoms with Gasteiger partial charge in [-0.1, -0.05) is 24.3 Å². The van der Waals surface area contributed by atoms with Crippen molar-refractivity contribution >= 4 is 71.1 Å². The van der Waals surface area contributed by atoms with Crippen molar-refractivity contribution in [1.29, 1.82) is 0 Å². The van der Waals surface area contributed by atoms with Crippen molar-refractivity contribution in [2.24, 2.45) is 0 Å². The molecular weight excluding hydrogens is 526 g/mol. The van der Waals surface area contributed by atoms with Crippen LogP contribution in [0.25, 0.3) is 12.2 Å². The maximum atomic E-state index is 11.9. The van der Waals surface area contributed by atoms with Gasteiger partial charge in [-0.05, 0) is 61.5 Å². The van der Waals surface area contributed by atoms with Gasteiger partial charge in [-0.2, -0.15) is 16.8 Å². The Kier molecular flexibility index (Phi) is 8.44. The summed E-state index contributed by atoms with van der Waals surface area (Å²) in [5.41, 5.74) is 0.118. The summed E-state index contributed by atoms with van der Waals surface area (Å²) < 4.78 is 91.6. The molecule has 0 aliphatic rings. The monoisotopic (exact) mass is 549 g/mol. The Labute approximate surface area is 203 Å². The van der Waals surface area contributed by atoms with E-state index in [1.807, 2.05) is 13.8 Å². The van der Waals surface area contributed by atoms with Crippen LogP contribution in [0.5, 0.6) is 0 Å². The van der Waals surface area contributed by atoms with E-state index in [2.05, 4.69) is 15.4 Å². The molecule has 0 aliphatic carbocycles. The lowest BCUT2D eigenvalue weighted by Crippen LogP contribution is -2.33. The summed E-state index contributed by atoms with van der Waals surface area (Å²) in [6.07, 6.45) is 3.27. The molecule has 2 aromatic carbocycles. The predicted octanol–water partition coefficient (Wildman–Crippen LogP) is 2.42. The zero-order chi connectivity index (χ0) is 25.9. The molecule has 0 heterocycles. The van der Waals surface area contributed by atoms with E-state index < -0.39 is 40.1 Å². The third kappa shape index (κ3) is 8.34. The van der Waals surface area contributed by atoms with Gasteiger partial charge in [0.15, 0.2) is 5.11 Å². The van der Waals surface area contributed by atoms with Gasteiger partial charge in [0, 0.05) is 17.4 Å². The van der Waals surface area contributed by atoms with Crippen molar-refractivity contribution in [3.63, 3.8) is 0 Å². The van der Waals surface area contributed by atoms with Crippen LogP contribution in [0.1, 0.15) is 25.0 Å². The zero-order valence-corrected chi connectivity index (χ0v) is 21.4. The highest BCUT2D eigenvalue weighted by Gasteiger charge is 2.18. The summed E-state index contributed by atoms with van der Waals surface area (Å²) in [6.45, 7) is 3.71. The molecule has 11 nitrogen and oxygen atoms in total. The Morgan fingerprint density at radius 1 is 0.853 bits per heavy atom. The highest BCUT2D eigenvalue weighted by atomic mass is 32.2. The number of sulfonamides is 1. The number of benzene rings is 2. The standard InChI is InChI=1S/C19H23N3O8S4/c1-12(2)20-19(31)21-15-8-6-13(17(10-15)33(25,26)27)4-5-14-7-9-16(22-32(3,23)24)11-18(14)34(28,29)30/h4-12,22H,1-3H3,(H2,20,21,31)(H,25,26,27)(H,28,29,30). The molecular formula is C19H23N3O8S4. The molecule has 0 amide bonds. The second kappa shape index (κ2) is 10.4. The minimum atomic E-state index is -4.77. The van der Waals surface area contributed by atoms with Gasteiger partial charge in [0.1, 0.15) is 9.79 Å². The first-order valence-electron chi connectivity index (χ1n) is 9.42. The summed E-state index contributed by atoms with van der Waals surface area (Å²) in [4.78, 5) is -1.10. The number of nitrogens with one attached hydrogen (secondary N) is 3. The first-order valence-corrected chi connectivity index (χ1v) is 14.6. The zero-order valence-electron chi connectivity index (χ0n) is 18.2. The van der Waals surface area contributed by atoms with Crippen molar-refractivity contribution in [1.82, 2.24) is 5.32 Å². The van der Waals surface area contributed by atoms with Gasteiger partial charge in [-0.15, -0.1) is 0 Å². The molecule has 2 rings (SSSR count). The van der Waals surface area contributed by atoms with Crippen LogP contribution in [-0.2, 0) is 30.3 Å². The van der Waals surface area contributed by atoms with Crippen LogP contribution >= 0.6 is 12.2 Å². The Hall–Kier alpha value is -2.56. The summed E-state index contributed by atoms with van der Waals surface area (Å²) in [7, 11) is -13.2. The fourth-order valence-corrected chi connectivity index (χ4v) is 5.08. The molecule has 5 N–H and O–H groups in total. The van der Waals surface area contributed by atoms with E-state index in [4.69, 9.17) is 12.2 Å². The average Bonchev–Trinajstić information content (AvgIpc) is 2.64. The lowest BCUT2D eigenvalue weighted by molar-refractivity contribution is 0.480. The Balaban J connectivity index is 2.50. The van der Waals surface area contributed by atoms with Crippen LogP contribution in [-0.4, -0.2) is 51.8 Å². The molecule has 0 atom stereocenters. The first-order chi connectivity index (χ1) is 15.5. The smallest absolute Gasteiger partial charge is 0.295 e. The highest BCUT2D eigenvalue weighted by molar-refractivity contribution is 7.92. The van der Waals surface area contributed by atoms with Gasteiger partial charge in [0.2, 0.25) is 10.0 Å². The molecule has 186 valence electrons. The summed E-state index contributed by atoms with van der Waals surface area (Å²) in [6, 6.07) is 7.40. The molecule has 15 heteroatoms. The third-order valence-electron chi connectivity index (χ3n) is 4.01. The Morgan fingerprint density at radius 3 is 1.71 bits per heavy atom. The lowest BCUT2D eigenvalue weighted by atomic mass is 10.1. The molecule has 0 saturated heterocycles. The molecule has 0 radical (unpaired) electrons. The molecule has 0 unspecified atom stereocenters. The van der Waals surface area contributed by atoms with Gasteiger partial charge in [0.25, 0.3) is 20.2 Å². The molecule has 0 saturated carbocycles. The molecule has 0 aliphatic heterocycles. The molecule has 2 aromatic rings. The van der Waals surface area contributed by atoms with E-state index >= 15 is 0 Å². The van der Waals surface area contributed by atoms with E-state index in [1.54, 1.807) is 0 Å². The Bertz CT molecular complexity index is 1450. The minimum absolute atomic E-state index is 0.00964. The number of hydrogen-bond donors (Lipinski definition) is 5. The van der Waals surface area contributed by atoms with Gasteiger partial charge >= 0.3 is 0 Å². The van der Waals surface area contributed by atoms with Gasteiger partial charge in [0.05, 0.1) is 6.26 Å². The second-order valence-corrected chi connectivity index (χ2v) is 12.4. The van der Waals surface area contributed by atoms with Crippen LogP contribution < -0.4 is 15.4 Å². The largest absolute Gasteiger partial charge is 0.360 e. The van der Waals surface area contributed by atoms with E-state index in [9.17, 15) is 34.4 Å². The van der Waals surface area contributed by atoms with Crippen LogP contribution in [0.2, 0.25) is 0 Å². The lowest BCUT2D eigenvalue weighted by Gasteiger charge is -2.14. The third-order valence-corrected chi connectivity index (χ3v) is 6.65.